The SMILES string of the molecule is CC1(C)CCC(c2noc(C=O)n2)CC1. The Morgan fingerprint density at radius 2 is 2.07 bits per heavy atom. The average molecular weight is 208 g/mol. The van der Waals surface area contributed by atoms with Gasteiger partial charge in [-0.25, -0.2) is 0 Å². The highest BCUT2D eigenvalue weighted by Crippen LogP contribution is 2.41. The molecular weight excluding hydrogens is 192 g/mol. The Labute approximate surface area is 89.1 Å². The van der Waals surface area contributed by atoms with Crippen LogP contribution in [0.3, 0.4) is 0 Å². The number of carbonyl (C=O) groups excluding carboxylic acids is 1. The lowest BCUT2D eigenvalue weighted by atomic mass is 9.73. The third-order valence-corrected chi connectivity index (χ3v) is 3.26. The van der Waals surface area contributed by atoms with Gasteiger partial charge in [0.1, 0.15) is 0 Å². The zero-order chi connectivity index (χ0) is 10.9. The number of rotatable bonds is 2. The van der Waals surface area contributed by atoms with Crippen LogP contribution in [0.15, 0.2) is 4.52 Å². The highest BCUT2D eigenvalue weighted by molar-refractivity contribution is 5.66. The summed E-state index contributed by atoms with van der Waals surface area (Å²) in [6, 6.07) is 0. The number of aromatic nitrogens is 2. The number of hydrogen-bond acceptors (Lipinski definition) is 4. The van der Waals surface area contributed by atoms with Gasteiger partial charge >= 0.3 is 0 Å². The summed E-state index contributed by atoms with van der Waals surface area (Å²) in [6.45, 7) is 4.58. The largest absolute Gasteiger partial charge is 0.331 e. The molecule has 1 aromatic rings. The van der Waals surface area contributed by atoms with Crippen molar-refractivity contribution in [3.05, 3.63) is 11.7 Å². The van der Waals surface area contributed by atoms with Gasteiger partial charge in [0.2, 0.25) is 6.29 Å². The molecule has 0 atom stereocenters. The van der Waals surface area contributed by atoms with Gasteiger partial charge in [-0.2, -0.15) is 4.98 Å². The molecule has 0 amide bonds. The molecule has 0 aliphatic heterocycles. The van der Waals surface area contributed by atoms with E-state index in [-0.39, 0.29) is 5.89 Å². The van der Waals surface area contributed by atoms with E-state index in [1.54, 1.807) is 0 Å². The van der Waals surface area contributed by atoms with Gasteiger partial charge in [0, 0.05) is 5.92 Å². The van der Waals surface area contributed by atoms with Crippen LogP contribution in [0.4, 0.5) is 0 Å². The maximum Gasteiger partial charge on any atom is 0.290 e. The minimum atomic E-state index is 0.0924. The first-order valence-electron chi connectivity index (χ1n) is 5.39. The minimum absolute atomic E-state index is 0.0924. The van der Waals surface area contributed by atoms with Crippen LogP contribution in [0.2, 0.25) is 0 Å². The molecule has 1 aliphatic rings. The van der Waals surface area contributed by atoms with Gasteiger partial charge in [-0.3, -0.25) is 4.79 Å². The average Bonchev–Trinajstić information content (AvgIpc) is 2.66. The van der Waals surface area contributed by atoms with E-state index in [4.69, 9.17) is 4.52 Å². The first-order chi connectivity index (χ1) is 7.11. The van der Waals surface area contributed by atoms with Crippen molar-refractivity contribution >= 4 is 6.29 Å². The van der Waals surface area contributed by atoms with Crippen molar-refractivity contribution < 1.29 is 9.32 Å². The van der Waals surface area contributed by atoms with Gasteiger partial charge in [-0.05, 0) is 31.1 Å². The van der Waals surface area contributed by atoms with E-state index < -0.39 is 0 Å². The molecule has 0 radical (unpaired) electrons. The van der Waals surface area contributed by atoms with Crippen LogP contribution in [-0.2, 0) is 0 Å². The molecule has 1 aliphatic carbocycles. The molecule has 15 heavy (non-hydrogen) atoms. The zero-order valence-electron chi connectivity index (χ0n) is 9.19. The molecule has 1 aromatic heterocycles. The first-order valence-corrected chi connectivity index (χ1v) is 5.39. The normalized spacial score (nSPS) is 21.5. The summed E-state index contributed by atoms with van der Waals surface area (Å²) < 4.78 is 4.79. The summed E-state index contributed by atoms with van der Waals surface area (Å²) >= 11 is 0. The van der Waals surface area contributed by atoms with Gasteiger partial charge in [0.15, 0.2) is 5.82 Å². The second kappa shape index (κ2) is 3.76. The van der Waals surface area contributed by atoms with Crippen LogP contribution in [0.5, 0.6) is 0 Å². The third kappa shape index (κ3) is 2.25. The second-order valence-corrected chi connectivity index (χ2v) is 5.05. The van der Waals surface area contributed by atoms with E-state index >= 15 is 0 Å². The van der Waals surface area contributed by atoms with Gasteiger partial charge < -0.3 is 4.52 Å². The summed E-state index contributed by atoms with van der Waals surface area (Å²) in [4.78, 5) is 14.5. The second-order valence-electron chi connectivity index (χ2n) is 5.05. The molecule has 0 unspecified atom stereocenters. The molecular formula is C11H16N2O2. The van der Waals surface area contributed by atoms with E-state index in [1.807, 2.05) is 0 Å². The van der Waals surface area contributed by atoms with E-state index in [0.29, 0.717) is 23.4 Å². The van der Waals surface area contributed by atoms with Crippen molar-refractivity contribution in [1.82, 2.24) is 10.1 Å². The predicted molar refractivity (Wildman–Crippen MR) is 54.7 cm³/mol. The Morgan fingerprint density at radius 3 is 2.60 bits per heavy atom. The monoisotopic (exact) mass is 208 g/mol. The molecule has 0 aromatic carbocycles. The van der Waals surface area contributed by atoms with Crippen molar-refractivity contribution in [2.24, 2.45) is 5.41 Å². The van der Waals surface area contributed by atoms with Crippen LogP contribution < -0.4 is 0 Å². The standard InChI is InChI=1S/C11H16N2O2/c1-11(2)5-3-8(4-6-11)10-12-9(7-14)15-13-10/h7-8H,3-6H2,1-2H3. The molecule has 2 rings (SSSR count). The van der Waals surface area contributed by atoms with Gasteiger partial charge in [-0.15, -0.1) is 0 Å². The maximum atomic E-state index is 10.4. The van der Waals surface area contributed by atoms with Crippen LogP contribution in [0.1, 0.15) is 62.0 Å². The maximum absolute atomic E-state index is 10.4. The van der Waals surface area contributed by atoms with Crippen molar-refractivity contribution in [1.29, 1.82) is 0 Å². The molecule has 4 heteroatoms. The van der Waals surface area contributed by atoms with Crippen LogP contribution in [-0.4, -0.2) is 16.4 Å². The Hall–Kier alpha value is -1.19. The smallest absolute Gasteiger partial charge is 0.290 e. The fourth-order valence-electron chi connectivity index (χ4n) is 2.12. The Bertz CT molecular complexity index is 347. The minimum Gasteiger partial charge on any atom is -0.331 e. The lowest BCUT2D eigenvalue weighted by molar-refractivity contribution is 0.108. The molecule has 1 saturated carbocycles. The number of carbonyl (C=O) groups is 1. The van der Waals surface area contributed by atoms with E-state index in [9.17, 15) is 4.79 Å². The van der Waals surface area contributed by atoms with Crippen LogP contribution in [0, 0.1) is 5.41 Å². The van der Waals surface area contributed by atoms with Crippen LogP contribution >= 0.6 is 0 Å². The van der Waals surface area contributed by atoms with Crippen LogP contribution in [0.25, 0.3) is 0 Å². The van der Waals surface area contributed by atoms with Crippen molar-refractivity contribution in [2.75, 3.05) is 0 Å². The van der Waals surface area contributed by atoms with Gasteiger partial charge in [0.05, 0.1) is 0 Å². The molecule has 0 bridgehead atoms. The van der Waals surface area contributed by atoms with Crippen molar-refractivity contribution in [2.45, 2.75) is 45.4 Å². The number of aldehydes is 1. The lowest BCUT2D eigenvalue weighted by Gasteiger charge is -2.32. The van der Waals surface area contributed by atoms with Gasteiger partial charge in [-0.1, -0.05) is 19.0 Å². The molecule has 0 N–H and O–H groups in total. The fraction of sp³-hybridized carbons (Fsp3) is 0.727. The summed E-state index contributed by atoms with van der Waals surface area (Å²) in [5.74, 6) is 1.16. The Kier molecular flexibility index (Phi) is 2.59. The molecule has 1 heterocycles. The molecule has 4 nitrogen and oxygen atoms in total. The predicted octanol–water partition coefficient (Wildman–Crippen LogP) is 2.57. The summed E-state index contributed by atoms with van der Waals surface area (Å²) in [5.41, 5.74) is 0.438. The zero-order valence-corrected chi connectivity index (χ0v) is 9.19. The van der Waals surface area contributed by atoms with E-state index in [0.717, 1.165) is 12.8 Å². The third-order valence-electron chi connectivity index (χ3n) is 3.26. The van der Waals surface area contributed by atoms with Gasteiger partial charge in [0.25, 0.3) is 5.89 Å². The summed E-state index contributed by atoms with van der Waals surface area (Å²) in [6.07, 6.45) is 5.14. The summed E-state index contributed by atoms with van der Waals surface area (Å²) in [5, 5.41) is 3.84. The molecule has 82 valence electrons. The highest BCUT2D eigenvalue weighted by atomic mass is 16.5. The van der Waals surface area contributed by atoms with Crippen molar-refractivity contribution in [3.8, 4) is 0 Å². The van der Waals surface area contributed by atoms with E-state index in [1.165, 1.54) is 12.8 Å². The topological polar surface area (TPSA) is 56.0 Å². The molecule has 0 saturated heterocycles. The summed E-state index contributed by atoms with van der Waals surface area (Å²) in [7, 11) is 0. The number of hydrogen-bond donors (Lipinski definition) is 0. The quantitative estimate of drug-likeness (QED) is 0.701. The fourth-order valence-corrected chi connectivity index (χ4v) is 2.12. The number of nitrogens with zero attached hydrogens (tertiary/aromatic N) is 2. The highest BCUT2D eigenvalue weighted by Gasteiger charge is 2.29. The van der Waals surface area contributed by atoms with E-state index in [2.05, 4.69) is 24.0 Å². The Morgan fingerprint density at radius 1 is 1.40 bits per heavy atom. The van der Waals surface area contributed by atoms with Crippen molar-refractivity contribution in [3.63, 3.8) is 0 Å². The first kappa shape index (κ1) is 10.3. The Balaban J connectivity index is 2.04. The lowest BCUT2D eigenvalue weighted by Crippen LogP contribution is -2.20. The molecule has 1 fully saturated rings. The molecule has 0 spiro atoms.